The Morgan fingerprint density at radius 2 is 0.867 bits per heavy atom. The summed E-state index contributed by atoms with van der Waals surface area (Å²) >= 11 is 0. The molecule has 0 amide bonds. The molecule has 0 radical (unpaired) electrons. The van der Waals surface area contributed by atoms with Crippen LogP contribution in [0.25, 0.3) is 34.3 Å². The summed E-state index contributed by atoms with van der Waals surface area (Å²) in [7, 11) is 0. The van der Waals surface area contributed by atoms with Gasteiger partial charge in [0, 0.05) is 0 Å². The molecule has 8 heteroatoms. The predicted molar refractivity (Wildman–Crippen MR) is 106 cm³/mol. The van der Waals surface area contributed by atoms with E-state index in [1.807, 2.05) is 18.2 Å². The van der Waals surface area contributed by atoms with Gasteiger partial charge in [-0.1, -0.05) is 18.2 Å². The van der Waals surface area contributed by atoms with E-state index in [0.717, 1.165) is 0 Å². The van der Waals surface area contributed by atoms with Crippen molar-refractivity contribution in [2.75, 3.05) is 0 Å². The molecule has 138 valence electrons. The van der Waals surface area contributed by atoms with E-state index in [2.05, 4.69) is 24.9 Å². The molecule has 30 heavy (non-hydrogen) atoms. The predicted octanol–water partition coefficient (Wildman–Crippen LogP) is 3.28. The van der Waals surface area contributed by atoms with Crippen molar-refractivity contribution in [2.45, 2.75) is 0 Å². The molecule has 0 N–H and O–H groups in total. The van der Waals surface area contributed by atoms with Gasteiger partial charge in [0.05, 0.1) is 22.8 Å². The third-order valence-electron chi connectivity index (χ3n) is 4.07. The smallest absolute Gasteiger partial charge is 0.179 e. The Kier molecular flexibility index (Phi) is 4.86. The fraction of sp³-hybridized carbons (Fsp3) is 0. The Bertz CT molecular complexity index is 1210. The van der Waals surface area contributed by atoms with E-state index in [9.17, 15) is 0 Å². The van der Waals surface area contributed by atoms with Crippen molar-refractivity contribution < 1.29 is 0 Å². The number of aromatic nitrogens is 5. The van der Waals surface area contributed by atoms with Crippen LogP contribution < -0.4 is 0 Å². The lowest BCUT2D eigenvalue weighted by Gasteiger charge is -2.08. The lowest BCUT2D eigenvalue weighted by molar-refractivity contribution is 1.11. The molecule has 4 rings (SSSR count). The highest BCUT2D eigenvalue weighted by atomic mass is 15.0. The van der Waals surface area contributed by atoms with Crippen LogP contribution in [-0.4, -0.2) is 24.9 Å². The molecule has 0 aliphatic heterocycles. The second-order valence-corrected chi connectivity index (χ2v) is 6.02. The zero-order chi connectivity index (χ0) is 20.9. The van der Waals surface area contributed by atoms with Gasteiger partial charge >= 0.3 is 0 Å². The first-order valence-corrected chi connectivity index (χ1v) is 8.72. The zero-order valence-corrected chi connectivity index (χ0v) is 15.4. The summed E-state index contributed by atoms with van der Waals surface area (Å²) < 4.78 is 0. The minimum atomic E-state index is 0.234. The molecule has 0 spiro atoms. The van der Waals surface area contributed by atoms with Crippen molar-refractivity contribution >= 4 is 0 Å². The van der Waals surface area contributed by atoms with Gasteiger partial charge in [0.2, 0.25) is 0 Å². The van der Waals surface area contributed by atoms with E-state index in [1.54, 1.807) is 60.7 Å². The molecule has 4 aromatic heterocycles. The van der Waals surface area contributed by atoms with Crippen molar-refractivity contribution in [3.05, 3.63) is 77.7 Å². The van der Waals surface area contributed by atoms with E-state index in [1.165, 1.54) is 0 Å². The molecule has 0 aromatic carbocycles. The first-order chi connectivity index (χ1) is 14.7. The summed E-state index contributed by atoms with van der Waals surface area (Å²) in [6, 6.07) is 22.8. The second-order valence-electron chi connectivity index (χ2n) is 6.02. The number of hydrogen-bond donors (Lipinski definition) is 0. The lowest BCUT2D eigenvalue weighted by atomic mass is 10.1. The molecule has 0 bridgehead atoms. The van der Waals surface area contributed by atoms with Gasteiger partial charge < -0.3 is 0 Å². The summed E-state index contributed by atoms with van der Waals surface area (Å²) in [6.07, 6.45) is 0. The lowest BCUT2D eigenvalue weighted by Crippen LogP contribution is -2.00. The van der Waals surface area contributed by atoms with Crippen molar-refractivity contribution in [1.82, 2.24) is 24.9 Å². The monoisotopic (exact) mass is 386 g/mol. The van der Waals surface area contributed by atoms with Gasteiger partial charge in [0.1, 0.15) is 41.0 Å². The summed E-state index contributed by atoms with van der Waals surface area (Å²) in [6.45, 7) is 0. The summed E-state index contributed by atoms with van der Waals surface area (Å²) in [5.74, 6) is 0.271. The van der Waals surface area contributed by atoms with E-state index in [-0.39, 0.29) is 22.9 Å². The van der Waals surface area contributed by atoms with Crippen LogP contribution in [0.1, 0.15) is 17.1 Å². The molecule has 4 aromatic rings. The Labute approximate surface area is 171 Å². The molecule has 0 atom stereocenters. The molecule has 0 saturated heterocycles. The van der Waals surface area contributed by atoms with Gasteiger partial charge in [-0.2, -0.15) is 15.8 Å². The molecule has 0 unspecified atom stereocenters. The van der Waals surface area contributed by atoms with Crippen LogP contribution in [0.3, 0.4) is 0 Å². The quantitative estimate of drug-likeness (QED) is 0.523. The average molecular weight is 386 g/mol. The molecule has 0 fully saturated rings. The number of pyridine rings is 3. The van der Waals surface area contributed by atoms with Gasteiger partial charge in [-0.25, -0.2) is 24.9 Å². The first kappa shape index (κ1) is 18.4. The van der Waals surface area contributed by atoms with E-state index in [0.29, 0.717) is 28.5 Å². The van der Waals surface area contributed by atoms with Gasteiger partial charge in [-0.3, -0.25) is 0 Å². The van der Waals surface area contributed by atoms with E-state index >= 15 is 0 Å². The highest BCUT2D eigenvalue weighted by Crippen LogP contribution is 2.25. The van der Waals surface area contributed by atoms with Crippen LogP contribution in [-0.2, 0) is 0 Å². The van der Waals surface area contributed by atoms with Crippen LogP contribution in [0.4, 0.5) is 0 Å². The maximum absolute atomic E-state index is 9.16. The highest BCUT2D eigenvalue weighted by Gasteiger charge is 2.14. The fourth-order valence-corrected chi connectivity index (χ4v) is 2.72. The number of rotatable bonds is 3. The van der Waals surface area contributed by atoms with Crippen LogP contribution in [0, 0.1) is 34.0 Å². The standard InChI is InChI=1S/C22H10N8/c23-11-14-4-1-7-17(26-14)20-10-21(18-8-2-5-15(12-24)27-18)30-22(29-20)19-9-3-6-16(13-25)28-19/h1-10H. The summed E-state index contributed by atoms with van der Waals surface area (Å²) in [5, 5.41) is 27.5. The molecule has 0 aliphatic rings. The maximum atomic E-state index is 9.16. The topological polar surface area (TPSA) is 136 Å². The first-order valence-electron chi connectivity index (χ1n) is 8.72. The van der Waals surface area contributed by atoms with Crippen LogP contribution in [0.2, 0.25) is 0 Å². The normalized spacial score (nSPS) is 9.90. The Morgan fingerprint density at radius 3 is 1.30 bits per heavy atom. The molecular formula is C22H10N8. The second kappa shape index (κ2) is 7.93. The third-order valence-corrected chi connectivity index (χ3v) is 4.07. The minimum absolute atomic E-state index is 0.234. The van der Waals surface area contributed by atoms with Crippen molar-refractivity contribution in [3.63, 3.8) is 0 Å². The Balaban J connectivity index is 1.95. The van der Waals surface area contributed by atoms with Gasteiger partial charge in [0.15, 0.2) is 5.82 Å². The van der Waals surface area contributed by atoms with Gasteiger partial charge in [0.25, 0.3) is 0 Å². The van der Waals surface area contributed by atoms with Crippen molar-refractivity contribution in [3.8, 4) is 52.5 Å². The Hall–Kier alpha value is -5.00. The highest BCUT2D eigenvalue weighted by molar-refractivity contribution is 5.68. The fourth-order valence-electron chi connectivity index (χ4n) is 2.72. The van der Waals surface area contributed by atoms with E-state index < -0.39 is 0 Å². The molecule has 8 nitrogen and oxygen atoms in total. The van der Waals surface area contributed by atoms with Crippen LogP contribution in [0.15, 0.2) is 60.7 Å². The maximum Gasteiger partial charge on any atom is 0.179 e. The molecular weight excluding hydrogens is 376 g/mol. The largest absolute Gasteiger partial charge is 0.235 e. The zero-order valence-electron chi connectivity index (χ0n) is 15.4. The number of nitrogens with zero attached hydrogens (tertiary/aromatic N) is 8. The van der Waals surface area contributed by atoms with Gasteiger partial charge in [-0.15, -0.1) is 0 Å². The summed E-state index contributed by atoms with van der Waals surface area (Å²) in [5.41, 5.74) is 3.02. The molecule has 4 heterocycles. The Morgan fingerprint density at radius 1 is 0.467 bits per heavy atom. The summed E-state index contributed by atoms with van der Waals surface area (Å²) in [4.78, 5) is 22.0. The number of nitriles is 3. The SMILES string of the molecule is N#Cc1cccc(-c2cc(-c3cccc(C#N)n3)nc(-c3cccc(C#N)n3)n2)n1. The minimum Gasteiger partial charge on any atom is -0.235 e. The number of hydrogen-bond acceptors (Lipinski definition) is 8. The average Bonchev–Trinajstić information content (AvgIpc) is 2.83. The van der Waals surface area contributed by atoms with Crippen molar-refractivity contribution in [1.29, 1.82) is 15.8 Å². The van der Waals surface area contributed by atoms with E-state index in [4.69, 9.17) is 15.8 Å². The van der Waals surface area contributed by atoms with Crippen molar-refractivity contribution in [2.24, 2.45) is 0 Å². The van der Waals surface area contributed by atoms with Crippen LogP contribution >= 0.6 is 0 Å². The van der Waals surface area contributed by atoms with Gasteiger partial charge in [-0.05, 0) is 42.5 Å². The molecule has 0 saturated carbocycles. The van der Waals surface area contributed by atoms with Crippen LogP contribution in [0.5, 0.6) is 0 Å². The molecule has 0 aliphatic carbocycles. The third kappa shape index (κ3) is 3.68.